The van der Waals surface area contributed by atoms with E-state index in [0.717, 1.165) is 50.1 Å². The molecular weight excluding hydrogens is 351 g/mol. The maximum Gasteiger partial charge on any atom is 0.253 e. The first-order valence-electron chi connectivity index (χ1n) is 10.2. The second-order valence-corrected chi connectivity index (χ2v) is 8.17. The van der Waals surface area contributed by atoms with Gasteiger partial charge in [-0.25, -0.2) is 4.39 Å². The van der Waals surface area contributed by atoms with E-state index in [1.165, 1.54) is 29.7 Å². The molecule has 3 rings (SSSR count). The molecule has 1 heterocycles. The number of aryl methyl sites for hydroxylation is 2. The fourth-order valence-electron chi connectivity index (χ4n) is 4.01. The van der Waals surface area contributed by atoms with E-state index in [-0.39, 0.29) is 11.7 Å². The van der Waals surface area contributed by atoms with Crippen molar-refractivity contribution in [2.24, 2.45) is 5.92 Å². The normalized spacial score (nSPS) is 17.5. The van der Waals surface area contributed by atoms with Crippen molar-refractivity contribution in [1.82, 2.24) is 9.80 Å². The number of carbonyl (C=O) groups excluding carboxylic acids is 1. The van der Waals surface area contributed by atoms with Gasteiger partial charge in [0, 0.05) is 32.2 Å². The van der Waals surface area contributed by atoms with Gasteiger partial charge in [0.25, 0.3) is 5.91 Å². The molecule has 2 aromatic carbocycles. The van der Waals surface area contributed by atoms with Crippen molar-refractivity contribution in [2.45, 2.75) is 33.1 Å². The highest BCUT2D eigenvalue weighted by Crippen LogP contribution is 2.19. The maximum atomic E-state index is 13.0. The average molecular weight is 383 g/mol. The lowest BCUT2D eigenvalue weighted by molar-refractivity contribution is 0.0730. The number of carbonyl (C=O) groups is 1. The first-order chi connectivity index (χ1) is 13.4. The summed E-state index contributed by atoms with van der Waals surface area (Å²) in [7, 11) is 1.91. The Bertz CT molecular complexity index is 803. The molecule has 0 spiro atoms. The molecule has 0 N–H and O–H groups in total. The Kier molecular flexibility index (Phi) is 6.84. The summed E-state index contributed by atoms with van der Waals surface area (Å²) in [6.45, 7) is 8.01. The van der Waals surface area contributed by atoms with Crippen molar-refractivity contribution in [3.05, 3.63) is 70.5 Å². The summed E-state index contributed by atoms with van der Waals surface area (Å²) in [5.74, 6) is 0.423. The van der Waals surface area contributed by atoms with E-state index < -0.39 is 0 Å². The van der Waals surface area contributed by atoms with Crippen molar-refractivity contribution in [1.29, 1.82) is 0 Å². The van der Waals surface area contributed by atoms with Crippen LogP contribution in [0.3, 0.4) is 0 Å². The SMILES string of the molecule is Cc1ccc(C(=O)N(C)C[C@@H]2CCCN(CCc3ccc(F)cc3)C2)cc1C. The summed E-state index contributed by atoms with van der Waals surface area (Å²) in [6, 6.07) is 12.7. The minimum Gasteiger partial charge on any atom is -0.341 e. The number of amides is 1. The number of likely N-dealkylation sites (tertiary alicyclic amines) is 1. The predicted molar refractivity (Wildman–Crippen MR) is 112 cm³/mol. The predicted octanol–water partition coefficient (Wildman–Crippen LogP) is 4.47. The first kappa shape index (κ1) is 20.5. The van der Waals surface area contributed by atoms with Gasteiger partial charge in [-0.1, -0.05) is 18.2 Å². The van der Waals surface area contributed by atoms with E-state index >= 15 is 0 Å². The molecule has 0 aliphatic carbocycles. The highest BCUT2D eigenvalue weighted by atomic mass is 19.1. The second-order valence-electron chi connectivity index (χ2n) is 8.17. The van der Waals surface area contributed by atoms with Crippen LogP contribution in [0, 0.1) is 25.6 Å². The molecule has 1 amide bonds. The summed E-state index contributed by atoms with van der Waals surface area (Å²) in [5.41, 5.74) is 4.31. The zero-order valence-corrected chi connectivity index (χ0v) is 17.2. The number of halogens is 1. The molecule has 1 aliphatic heterocycles. The van der Waals surface area contributed by atoms with Crippen LogP contribution in [-0.2, 0) is 6.42 Å². The van der Waals surface area contributed by atoms with Gasteiger partial charge in [0.05, 0.1) is 0 Å². The Morgan fingerprint density at radius 2 is 1.89 bits per heavy atom. The Hall–Kier alpha value is -2.20. The molecule has 2 aromatic rings. The Balaban J connectivity index is 1.51. The van der Waals surface area contributed by atoms with Crippen LogP contribution in [0.5, 0.6) is 0 Å². The number of hydrogen-bond donors (Lipinski definition) is 0. The highest BCUT2D eigenvalue weighted by molar-refractivity contribution is 5.94. The van der Waals surface area contributed by atoms with Gasteiger partial charge in [-0.3, -0.25) is 4.79 Å². The molecule has 28 heavy (non-hydrogen) atoms. The van der Waals surface area contributed by atoms with Crippen molar-refractivity contribution in [2.75, 3.05) is 33.2 Å². The summed E-state index contributed by atoms with van der Waals surface area (Å²) in [5, 5.41) is 0. The molecule has 1 fully saturated rings. The zero-order chi connectivity index (χ0) is 20.1. The molecule has 0 saturated carbocycles. The summed E-state index contributed by atoms with van der Waals surface area (Å²) in [4.78, 5) is 17.1. The molecule has 150 valence electrons. The van der Waals surface area contributed by atoms with Gasteiger partial charge in [0.15, 0.2) is 0 Å². The van der Waals surface area contributed by atoms with Gasteiger partial charge in [-0.2, -0.15) is 0 Å². The molecule has 0 aromatic heterocycles. The van der Waals surface area contributed by atoms with Gasteiger partial charge in [-0.15, -0.1) is 0 Å². The van der Waals surface area contributed by atoms with E-state index in [1.54, 1.807) is 0 Å². The quantitative estimate of drug-likeness (QED) is 0.736. The molecule has 1 aliphatic rings. The Morgan fingerprint density at radius 1 is 1.14 bits per heavy atom. The summed E-state index contributed by atoms with van der Waals surface area (Å²) in [6.07, 6.45) is 3.27. The Labute approximate surface area is 168 Å². The number of hydrogen-bond acceptors (Lipinski definition) is 2. The number of nitrogens with zero attached hydrogens (tertiary/aromatic N) is 2. The minimum atomic E-state index is -0.182. The van der Waals surface area contributed by atoms with Crippen molar-refractivity contribution < 1.29 is 9.18 Å². The second kappa shape index (κ2) is 9.33. The van der Waals surface area contributed by atoms with E-state index in [4.69, 9.17) is 0 Å². The molecular formula is C24H31FN2O. The van der Waals surface area contributed by atoms with Crippen LogP contribution in [0.15, 0.2) is 42.5 Å². The van der Waals surface area contributed by atoms with E-state index in [9.17, 15) is 9.18 Å². The van der Waals surface area contributed by atoms with E-state index in [0.29, 0.717) is 5.92 Å². The molecule has 3 nitrogen and oxygen atoms in total. The fourth-order valence-corrected chi connectivity index (χ4v) is 4.01. The van der Waals surface area contributed by atoms with Crippen molar-refractivity contribution >= 4 is 5.91 Å². The molecule has 4 heteroatoms. The van der Waals surface area contributed by atoms with Gasteiger partial charge in [-0.05, 0) is 86.5 Å². The van der Waals surface area contributed by atoms with Crippen LogP contribution < -0.4 is 0 Å². The van der Waals surface area contributed by atoms with Gasteiger partial charge in [0.1, 0.15) is 5.82 Å². The van der Waals surface area contributed by atoms with Crippen molar-refractivity contribution in [3.63, 3.8) is 0 Å². The van der Waals surface area contributed by atoms with Crippen LogP contribution >= 0.6 is 0 Å². The smallest absolute Gasteiger partial charge is 0.253 e. The maximum absolute atomic E-state index is 13.0. The third-order valence-corrected chi connectivity index (χ3v) is 5.87. The third kappa shape index (κ3) is 5.41. The minimum absolute atomic E-state index is 0.103. The number of rotatable bonds is 6. The third-order valence-electron chi connectivity index (χ3n) is 5.87. The van der Waals surface area contributed by atoms with Crippen LogP contribution in [0.25, 0.3) is 0 Å². The van der Waals surface area contributed by atoms with Crippen LogP contribution in [0.2, 0.25) is 0 Å². The lowest BCUT2D eigenvalue weighted by Gasteiger charge is -2.34. The lowest BCUT2D eigenvalue weighted by atomic mass is 9.96. The van der Waals surface area contributed by atoms with E-state index in [1.807, 2.05) is 49.2 Å². The lowest BCUT2D eigenvalue weighted by Crippen LogP contribution is -2.42. The summed E-state index contributed by atoms with van der Waals surface area (Å²) >= 11 is 0. The standard InChI is InChI=1S/C24H31FN2O/c1-18-6-9-22(15-19(18)2)24(28)26(3)16-21-5-4-13-27(17-21)14-12-20-7-10-23(25)11-8-20/h6-11,15,21H,4-5,12-14,16-17H2,1-3H3/t21-/m0/s1. The van der Waals surface area contributed by atoms with Crippen LogP contribution in [0.4, 0.5) is 4.39 Å². The molecule has 0 bridgehead atoms. The molecule has 1 atom stereocenters. The molecule has 0 unspecified atom stereocenters. The Morgan fingerprint density at radius 3 is 2.61 bits per heavy atom. The monoisotopic (exact) mass is 382 g/mol. The first-order valence-corrected chi connectivity index (χ1v) is 10.2. The van der Waals surface area contributed by atoms with Gasteiger partial charge < -0.3 is 9.80 Å². The van der Waals surface area contributed by atoms with Crippen LogP contribution in [0.1, 0.15) is 39.9 Å². The summed E-state index contributed by atoms with van der Waals surface area (Å²) < 4.78 is 13.0. The van der Waals surface area contributed by atoms with Crippen LogP contribution in [-0.4, -0.2) is 48.9 Å². The van der Waals surface area contributed by atoms with Gasteiger partial charge >= 0.3 is 0 Å². The average Bonchev–Trinajstić information content (AvgIpc) is 2.69. The van der Waals surface area contributed by atoms with E-state index in [2.05, 4.69) is 11.8 Å². The number of benzene rings is 2. The highest BCUT2D eigenvalue weighted by Gasteiger charge is 2.23. The molecule has 0 radical (unpaired) electrons. The van der Waals surface area contributed by atoms with Gasteiger partial charge in [0.2, 0.25) is 0 Å². The number of piperidine rings is 1. The zero-order valence-electron chi connectivity index (χ0n) is 17.2. The largest absolute Gasteiger partial charge is 0.341 e. The topological polar surface area (TPSA) is 23.6 Å². The van der Waals surface area contributed by atoms with Crippen molar-refractivity contribution in [3.8, 4) is 0 Å². The molecule has 1 saturated heterocycles. The fraction of sp³-hybridized carbons (Fsp3) is 0.458.